The molecule has 1 aliphatic heterocycles. The molecule has 0 aromatic heterocycles. The van der Waals surface area contributed by atoms with E-state index in [2.05, 4.69) is 4.99 Å². The number of aliphatic imine (C=N–C) groups is 1. The maximum absolute atomic E-state index is 15.0. The number of guanidine groups is 1. The second-order valence-corrected chi connectivity index (χ2v) is 7.90. The molecule has 3 rings (SSSR count). The van der Waals surface area contributed by atoms with Gasteiger partial charge in [-0.3, -0.25) is 10.1 Å². The van der Waals surface area contributed by atoms with Crippen LogP contribution in [-0.2, 0) is 16.1 Å². The lowest BCUT2D eigenvalue weighted by molar-refractivity contribution is -0.137. The van der Waals surface area contributed by atoms with Gasteiger partial charge in [0.05, 0.1) is 18.3 Å². The van der Waals surface area contributed by atoms with Crippen LogP contribution in [-0.4, -0.2) is 67.4 Å². The lowest BCUT2D eigenvalue weighted by atomic mass is 9.86. The van der Waals surface area contributed by atoms with Crippen molar-refractivity contribution in [1.29, 1.82) is 0 Å². The van der Waals surface area contributed by atoms with Crippen LogP contribution < -0.4 is 16.0 Å². The third-order valence-electron chi connectivity index (χ3n) is 6.00. The van der Waals surface area contributed by atoms with E-state index >= 15 is 4.39 Å². The molecule has 1 aromatic rings. The first kappa shape index (κ1) is 22.8. The molecule has 9 nitrogen and oxygen atoms in total. The molecule has 2 fully saturated rings. The minimum atomic E-state index is -1.32. The van der Waals surface area contributed by atoms with E-state index in [0.717, 1.165) is 25.7 Å². The van der Waals surface area contributed by atoms with Crippen LogP contribution >= 0.6 is 0 Å². The summed E-state index contributed by atoms with van der Waals surface area (Å²) >= 11 is 0. The van der Waals surface area contributed by atoms with Crippen molar-refractivity contribution in [3.05, 3.63) is 29.6 Å². The van der Waals surface area contributed by atoms with Gasteiger partial charge in [-0.1, -0.05) is 12.1 Å². The lowest BCUT2D eigenvalue weighted by Gasteiger charge is -2.39. The fraction of sp³-hybridized carbons (Fsp3) is 0.571. The predicted molar refractivity (Wildman–Crippen MR) is 114 cm³/mol. The minimum Gasteiger partial charge on any atom is -0.465 e. The summed E-state index contributed by atoms with van der Waals surface area (Å²) in [5, 5.41) is 10.6. The Morgan fingerprint density at radius 1 is 1.23 bits per heavy atom. The second kappa shape index (κ2) is 10.4. The van der Waals surface area contributed by atoms with E-state index in [-0.39, 0.29) is 30.4 Å². The number of carbonyl (C=O) groups excluding carboxylic acids is 1. The maximum Gasteiger partial charge on any atom is 0.411 e. The van der Waals surface area contributed by atoms with E-state index in [0.29, 0.717) is 37.4 Å². The number of hydrogen-bond acceptors (Lipinski definition) is 5. The predicted octanol–water partition coefficient (Wildman–Crippen LogP) is 1.76. The van der Waals surface area contributed by atoms with E-state index in [1.165, 1.54) is 0 Å². The quantitative estimate of drug-likeness (QED) is 0.479. The monoisotopic (exact) mass is 435 g/mol. The van der Waals surface area contributed by atoms with E-state index in [4.69, 9.17) is 15.6 Å². The fourth-order valence-corrected chi connectivity index (χ4v) is 4.22. The average molecular weight is 436 g/mol. The first-order valence-corrected chi connectivity index (χ1v) is 10.5. The summed E-state index contributed by atoms with van der Waals surface area (Å²) in [7, 11) is 1.72. The number of amides is 2. The number of methoxy groups -OCH3 is 1. The molecule has 170 valence electrons. The average Bonchev–Trinajstić information content (AvgIpc) is 2.77. The van der Waals surface area contributed by atoms with Gasteiger partial charge in [0.1, 0.15) is 0 Å². The number of carboxylic acid groups (broad SMARTS) is 1. The van der Waals surface area contributed by atoms with E-state index < -0.39 is 11.9 Å². The first-order valence-electron chi connectivity index (χ1n) is 10.5. The summed E-state index contributed by atoms with van der Waals surface area (Å²) in [6, 6.07) is 5.02. The van der Waals surface area contributed by atoms with Crippen LogP contribution in [0.5, 0.6) is 0 Å². The number of nitrogens with zero attached hydrogens (tertiary/aromatic N) is 3. The number of rotatable bonds is 5. The summed E-state index contributed by atoms with van der Waals surface area (Å²) in [6.45, 7) is 2.13. The molecule has 0 spiro atoms. The van der Waals surface area contributed by atoms with Crippen LogP contribution in [0.2, 0.25) is 0 Å². The van der Waals surface area contributed by atoms with Crippen molar-refractivity contribution in [2.75, 3.05) is 38.2 Å². The van der Waals surface area contributed by atoms with Crippen LogP contribution in [0.1, 0.15) is 31.2 Å². The van der Waals surface area contributed by atoms with E-state index in [1.807, 2.05) is 15.1 Å². The summed E-state index contributed by atoms with van der Waals surface area (Å²) in [6.07, 6.45) is 2.48. The molecule has 31 heavy (non-hydrogen) atoms. The number of nitrogens with one attached hydrogen (secondary N) is 1. The molecule has 0 atom stereocenters. The van der Waals surface area contributed by atoms with Gasteiger partial charge in [0, 0.05) is 44.8 Å². The van der Waals surface area contributed by atoms with E-state index in [9.17, 15) is 9.59 Å². The molecule has 1 aliphatic carbocycles. The number of ether oxygens (including phenoxy) is 1. The topological polar surface area (TPSA) is 120 Å². The maximum atomic E-state index is 15.0. The highest BCUT2D eigenvalue weighted by Gasteiger charge is 2.31. The van der Waals surface area contributed by atoms with Gasteiger partial charge >= 0.3 is 6.09 Å². The Labute approximate surface area is 181 Å². The van der Waals surface area contributed by atoms with Crippen molar-refractivity contribution in [1.82, 2.24) is 10.2 Å². The lowest BCUT2D eigenvalue weighted by Crippen LogP contribution is -2.51. The zero-order chi connectivity index (χ0) is 22.4. The highest BCUT2D eigenvalue weighted by atomic mass is 19.1. The van der Waals surface area contributed by atoms with Crippen LogP contribution in [0.4, 0.5) is 14.9 Å². The Balaban J connectivity index is 1.57. The summed E-state index contributed by atoms with van der Waals surface area (Å²) in [5.41, 5.74) is 6.22. The molecule has 1 heterocycles. The van der Waals surface area contributed by atoms with Gasteiger partial charge in [0.2, 0.25) is 5.91 Å². The number of anilines is 1. The van der Waals surface area contributed by atoms with Gasteiger partial charge in [-0.25, -0.2) is 14.2 Å². The Bertz CT molecular complexity index is 818. The van der Waals surface area contributed by atoms with Crippen LogP contribution in [0, 0.1) is 11.7 Å². The molecular weight excluding hydrogens is 405 g/mol. The third-order valence-corrected chi connectivity index (χ3v) is 6.00. The fourth-order valence-electron chi connectivity index (χ4n) is 4.22. The molecule has 4 N–H and O–H groups in total. The number of hydrogen-bond donors (Lipinski definition) is 3. The second-order valence-electron chi connectivity index (χ2n) is 7.90. The van der Waals surface area contributed by atoms with E-state index in [1.54, 1.807) is 25.3 Å². The molecule has 0 bridgehead atoms. The highest BCUT2D eigenvalue weighted by Crippen LogP contribution is 2.29. The molecule has 1 saturated heterocycles. The van der Waals surface area contributed by atoms with Gasteiger partial charge < -0.3 is 25.4 Å². The zero-order valence-corrected chi connectivity index (χ0v) is 17.7. The smallest absolute Gasteiger partial charge is 0.411 e. The summed E-state index contributed by atoms with van der Waals surface area (Å²) in [4.78, 5) is 31.1. The highest BCUT2D eigenvalue weighted by molar-refractivity contribution is 5.92. The first-order chi connectivity index (χ1) is 14.9. The molecule has 2 amide bonds. The van der Waals surface area contributed by atoms with Crippen molar-refractivity contribution < 1.29 is 23.8 Å². The summed E-state index contributed by atoms with van der Waals surface area (Å²) in [5.74, 6) is -0.448. The summed E-state index contributed by atoms with van der Waals surface area (Å²) < 4.78 is 20.4. The van der Waals surface area contributed by atoms with Crippen molar-refractivity contribution >= 4 is 23.6 Å². The number of nitrogens with two attached hydrogens (primary N) is 1. The van der Waals surface area contributed by atoms with Crippen molar-refractivity contribution in [2.45, 2.75) is 38.3 Å². The Morgan fingerprint density at radius 3 is 2.52 bits per heavy atom. The number of carbonyl (C=O) groups is 2. The Hall–Kier alpha value is -2.88. The largest absolute Gasteiger partial charge is 0.465 e. The standard InChI is InChI=1S/C21H30FN5O4/c1-31-16-7-5-14(6-8-16)19(28)27-11-9-26(10-12-27)17-4-2-3-15(18(17)22)13-24-20(23)25-21(29)30/h2-4,14,16H,5-13H2,1H3,(H,29,30)(H3,23,24,25). The number of piperazine rings is 1. The van der Waals surface area contributed by atoms with Crippen molar-refractivity contribution in [3.8, 4) is 0 Å². The van der Waals surface area contributed by atoms with Crippen LogP contribution in [0.15, 0.2) is 23.2 Å². The normalized spacial score (nSPS) is 22.3. The zero-order valence-electron chi connectivity index (χ0n) is 17.7. The molecule has 2 aliphatic rings. The molecular formula is C21H30FN5O4. The Kier molecular flexibility index (Phi) is 7.67. The van der Waals surface area contributed by atoms with Crippen molar-refractivity contribution in [2.24, 2.45) is 16.6 Å². The van der Waals surface area contributed by atoms with Gasteiger partial charge in [-0.15, -0.1) is 0 Å². The van der Waals surface area contributed by atoms with Gasteiger partial charge in [0.25, 0.3) is 0 Å². The Morgan fingerprint density at radius 2 is 1.90 bits per heavy atom. The number of halogens is 1. The molecule has 10 heteroatoms. The molecule has 0 unspecified atom stereocenters. The van der Waals surface area contributed by atoms with Crippen LogP contribution in [0.3, 0.4) is 0 Å². The van der Waals surface area contributed by atoms with Gasteiger partial charge in [0.15, 0.2) is 11.8 Å². The van der Waals surface area contributed by atoms with Crippen molar-refractivity contribution in [3.63, 3.8) is 0 Å². The number of benzene rings is 1. The minimum absolute atomic E-state index is 0.0562. The van der Waals surface area contributed by atoms with Gasteiger partial charge in [-0.2, -0.15) is 0 Å². The van der Waals surface area contributed by atoms with Crippen LogP contribution in [0.25, 0.3) is 0 Å². The third kappa shape index (κ3) is 5.84. The van der Waals surface area contributed by atoms with Gasteiger partial charge in [-0.05, 0) is 31.7 Å². The molecule has 1 saturated carbocycles. The molecule has 0 radical (unpaired) electrons. The molecule has 1 aromatic carbocycles. The SMILES string of the molecule is COC1CCC(C(=O)N2CCN(c3cccc(CN=C(N)NC(=O)O)c3F)CC2)CC1.